The Balaban J connectivity index is 1.53. The van der Waals surface area contributed by atoms with E-state index < -0.39 is 37.8 Å². The molecule has 2 aliphatic rings. The molecule has 2 fully saturated rings. The molecule has 49 heavy (non-hydrogen) atoms. The number of hydrogen-bond acceptors (Lipinski definition) is 6. The first-order chi connectivity index (χ1) is 23.7. The minimum absolute atomic E-state index is 0.0167. The van der Waals surface area contributed by atoms with Gasteiger partial charge in [-0.25, -0.2) is 0 Å². The molecule has 6 nitrogen and oxygen atoms in total. The van der Waals surface area contributed by atoms with Crippen molar-refractivity contribution in [1.82, 2.24) is 4.90 Å². The summed E-state index contributed by atoms with van der Waals surface area (Å²) < 4.78 is 36.6. The van der Waals surface area contributed by atoms with Gasteiger partial charge in [0.2, 0.25) is 0 Å². The SMILES string of the molecule is C[C@H]([C@H](OP1OC(c2ccccc2)(c2ccccc2)[C@@H]2OC(C)(C)O[C@H]2C(c2ccccc2)(c2ccccc2)O1)c1ccccc1)N(C)C. The smallest absolute Gasteiger partial charge is 0.336 e. The Morgan fingerprint density at radius 2 is 0.878 bits per heavy atom. The van der Waals surface area contributed by atoms with E-state index in [-0.39, 0.29) is 12.1 Å². The predicted octanol–water partition coefficient (Wildman–Crippen LogP) is 9.38. The summed E-state index contributed by atoms with van der Waals surface area (Å²) in [5.41, 5.74) is 2.36. The lowest BCUT2D eigenvalue weighted by Gasteiger charge is -2.41. The van der Waals surface area contributed by atoms with Gasteiger partial charge < -0.3 is 18.9 Å². The second kappa shape index (κ2) is 13.9. The number of benzene rings is 5. The maximum absolute atomic E-state index is 7.56. The highest BCUT2D eigenvalue weighted by atomic mass is 31.2. The van der Waals surface area contributed by atoms with E-state index in [9.17, 15) is 0 Å². The molecule has 2 heterocycles. The topological polar surface area (TPSA) is 49.4 Å². The highest BCUT2D eigenvalue weighted by Gasteiger charge is 2.67. The molecule has 7 heteroatoms. The van der Waals surface area contributed by atoms with Crippen molar-refractivity contribution < 1.29 is 23.0 Å². The minimum Gasteiger partial charge on any atom is -0.341 e. The quantitative estimate of drug-likeness (QED) is 0.145. The fourth-order valence-electron chi connectivity index (χ4n) is 7.13. The molecule has 0 spiro atoms. The van der Waals surface area contributed by atoms with Gasteiger partial charge in [0.25, 0.3) is 0 Å². The molecular weight excluding hydrogens is 629 g/mol. The highest BCUT2D eigenvalue weighted by molar-refractivity contribution is 7.41. The summed E-state index contributed by atoms with van der Waals surface area (Å²) in [5, 5.41) is 0. The summed E-state index contributed by atoms with van der Waals surface area (Å²) in [6.45, 7) is 6.09. The fraction of sp³-hybridized carbons (Fsp3) is 0.286. The van der Waals surface area contributed by atoms with Crippen molar-refractivity contribution in [3.63, 3.8) is 0 Å². The molecule has 0 saturated carbocycles. The van der Waals surface area contributed by atoms with E-state index in [1.807, 2.05) is 105 Å². The van der Waals surface area contributed by atoms with Gasteiger partial charge >= 0.3 is 8.60 Å². The van der Waals surface area contributed by atoms with Crippen molar-refractivity contribution >= 4 is 8.60 Å². The number of rotatable bonds is 9. The summed E-state index contributed by atoms with van der Waals surface area (Å²) in [7, 11) is 2.00. The molecule has 0 aliphatic carbocycles. The van der Waals surface area contributed by atoms with Crippen LogP contribution in [0.3, 0.4) is 0 Å². The molecule has 5 aromatic rings. The number of fused-ring (bicyclic) bond motifs is 1. The van der Waals surface area contributed by atoms with Crippen LogP contribution in [-0.2, 0) is 34.2 Å². The summed E-state index contributed by atoms with van der Waals surface area (Å²) in [4.78, 5) is 2.16. The Morgan fingerprint density at radius 3 is 1.20 bits per heavy atom. The molecule has 0 bridgehead atoms. The molecular formula is C42H44NO5P. The number of likely N-dealkylation sites (N-methyl/N-ethyl adjacent to an activating group) is 1. The van der Waals surface area contributed by atoms with Gasteiger partial charge in [-0.15, -0.1) is 0 Å². The number of hydrogen-bond donors (Lipinski definition) is 0. The largest absolute Gasteiger partial charge is 0.341 e. The molecule has 252 valence electrons. The summed E-state index contributed by atoms with van der Waals surface area (Å²) in [6.07, 6.45) is -1.71. The zero-order valence-electron chi connectivity index (χ0n) is 28.7. The van der Waals surface area contributed by atoms with Gasteiger partial charge in [0.05, 0.1) is 0 Å². The van der Waals surface area contributed by atoms with E-state index in [0.717, 1.165) is 27.8 Å². The lowest BCUT2D eigenvalue weighted by molar-refractivity contribution is -0.177. The standard InChI is InChI=1S/C42H44NO5P/c1-31(43(4)5)37(32-21-11-6-12-22-32)46-49-47-41(33-23-13-7-14-24-33,34-25-15-8-16-26-34)38-39(45-40(2,3)44-38)42(48-49,35-27-17-9-18-28-35)36-29-19-10-20-30-36/h6-31,37-39H,1-5H3/t31-,37+,38-,39-/m1/s1. The van der Waals surface area contributed by atoms with Crippen LogP contribution >= 0.6 is 8.60 Å². The monoisotopic (exact) mass is 673 g/mol. The van der Waals surface area contributed by atoms with Gasteiger partial charge in [0, 0.05) is 6.04 Å². The lowest BCUT2D eigenvalue weighted by Crippen LogP contribution is -2.53. The number of ether oxygens (including phenoxy) is 2. The first kappa shape index (κ1) is 33.8. The predicted molar refractivity (Wildman–Crippen MR) is 194 cm³/mol. The van der Waals surface area contributed by atoms with E-state index in [4.69, 9.17) is 23.0 Å². The first-order valence-electron chi connectivity index (χ1n) is 16.9. The fourth-order valence-corrected chi connectivity index (χ4v) is 8.84. The van der Waals surface area contributed by atoms with Crippen molar-refractivity contribution in [2.24, 2.45) is 0 Å². The Labute approximate surface area is 291 Å². The molecule has 0 N–H and O–H groups in total. The normalized spacial score (nSPS) is 22.6. The summed E-state index contributed by atoms with van der Waals surface area (Å²) in [6, 6.07) is 51.5. The van der Waals surface area contributed by atoms with Crippen molar-refractivity contribution in [2.75, 3.05) is 14.1 Å². The molecule has 0 amide bonds. The minimum atomic E-state index is -2.13. The van der Waals surface area contributed by atoms with Crippen molar-refractivity contribution in [3.05, 3.63) is 179 Å². The average molecular weight is 674 g/mol. The molecule has 2 aliphatic heterocycles. The third-order valence-corrected chi connectivity index (χ3v) is 11.0. The molecule has 2 saturated heterocycles. The van der Waals surface area contributed by atoms with Gasteiger partial charge in [-0.05, 0) is 62.7 Å². The zero-order chi connectivity index (χ0) is 34.1. The Kier molecular flexibility index (Phi) is 9.58. The highest BCUT2D eigenvalue weighted by Crippen LogP contribution is 2.66. The first-order valence-corrected chi connectivity index (χ1v) is 18.0. The van der Waals surface area contributed by atoms with Gasteiger partial charge in [-0.3, -0.25) is 9.05 Å². The van der Waals surface area contributed by atoms with Crippen molar-refractivity contribution in [2.45, 2.75) is 62.1 Å². The average Bonchev–Trinajstić information content (AvgIpc) is 3.43. The second-order valence-corrected chi connectivity index (χ2v) is 14.5. The maximum Gasteiger partial charge on any atom is 0.336 e. The van der Waals surface area contributed by atoms with E-state index in [1.54, 1.807) is 0 Å². The van der Waals surface area contributed by atoms with Crippen molar-refractivity contribution in [1.29, 1.82) is 0 Å². The van der Waals surface area contributed by atoms with Crippen LogP contribution in [0.1, 0.15) is 54.7 Å². The zero-order valence-corrected chi connectivity index (χ0v) is 29.6. The summed E-state index contributed by atoms with van der Waals surface area (Å²) >= 11 is 0. The van der Waals surface area contributed by atoms with Crippen LogP contribution in [0.2, 0.25) is 0 Å². The van der Waals surface area contributed by atoms with Crippen LogP contribution in [0, 0.1) is 0 Å². The van der Waals surface area contributed by atoms with Gasteiger partial charge in [-0.1, -0.05) is 152 Å². The second-order valence-electron chi connectivity index (χ2n) is 13.5. The summed E-state index contributed by atoms with van der Waals surface area (Å²) in [5.74, 6) is -0.960. The van der Waals surface area contributed by atoms with Crippen molar-refractivity contribution in [3.8, 4) is 0 Å². The lowest BCUT2D eigenvalue weighted by atomic mass is 9.72. The molecule has 5 aromatic carbocycles. The molecule has 4 atom stereocenters. The van der Waals surface area contributed by atoms with Gasteiger partial charge in [0.1, 0.15) is 18.3 Å². The molecule has 0 aromatic heterocycles. The van der Waals surface area contributed by atoms with Crippen LogP contribution in [0.15, 0.2) is 152 Å². The van der Waals surface area contributed by atoms with Crippen LogP contribution < -0.4 is 0 Å². The van der Waals surface area contributed by atoms with Crippen LogP contribution in [-0.4, -0.2) is 43.0 Å². The maximum atomic E-state index is 7.56. The van der Waals surface area contributed by atoms with E-state index in [1.165, 1.54) is 0 Å². The van der Waals surface area contributed by atoms with Gasteiger partial charge in [-0.2, -0.15) is 0 Å². The van der Waals surface area contributed by atoms with E-state index >= 15 is 0 Å². The molecule has 7 rings (SSSR count). The Bertz CT molecular complexity index is 1610. The van der Waals surface area contributed by atoms with Crippen LogP contribution in [0.4, 0.5) is 0 Å². The Hall–Kier alpha value is -3.71. The Morgan fingerprint density at radius 1 is 0.551 bits per heavy atom. The van der Waals surface area contributed by atoms with E-state index in [0.29, 0.717) is 0 Å². The molecule has 0 radical (unpaired) electrons. The third kappa shape index (κ3) is 6.28. The van der Waals surface area contributed by atoms with E-state index in [2.05, 4.69) is 86.6 Å². The molecule has 0 unspecified atom stereocenters. The van der Waals surface area contributed by atoms with Gasteiger partial charge in [0.15, 0.2) is 17.0 Å². The third-order valence-electron chi connectivity index (χ3n) is 9.73. The van der Waals surface area contributed by atoms with Crippen LogP contribution in [0.25, 0.3) is 0 Å². The number of nitrogens with zero attached hydrogens (tertiary/aromatic N) is 1. The van der Waals surface area contributed by atoms with Crippen LogP contribution in [0.5, 0.6) is 0 Å².